The maximum Gasteiger partial charge on any atom is 0.261 e. The van der Waals surface area contributed by atoms with E-state index in [4.69, 9.17) is 16.3 Å². The summed E-state index contributed by atoms with van der Waals surface area (Å²) in [6, 6.07) is 9.61. The summed E-state index contributed by atoms with van der Waals surface area (Å²) in [4.78, 5) is 25.7. The van der Waals surface area contributed by atoms with Crippen molar-refractivity contribution in [1.82, 2.24) is 4.57 Å². The number of amides is 1. The number of aromatic nitrogens is 1. The van der Waals surface area contributed by atoms with E-state index in [0.717, 1.165) is 18.9 Å². The Morgan fingerprint density at radius 1 is 1.30 bits per heavy atom. The van der Waals surface area contributed by atoms with Crippen LogP contribution in [0.1, 0.15) is 29.2 Å². The van der Waals surface area contributed by atoms with E-state index in [9.17, 15) is 14.0 Å². The quantitative estimate of drug-likeness (QED) is 0.723. The Labute approximate surface area is 159 Å². The van der Waals surface area contributed by atoms with E-state index in [-0.39, 0.29) is 22.0 Å². The van der Waals surface area contributed by atoms with E-state index in [1.807, 2.05) is 4.57 Å². The molecule has 0 spiro atoms. The maximum atomic E-state index is 14.0. The number of anilines is 1. The number of hydrogen-bond acceptors (Lipinski definition) is 3. The minimum absolute atomic E-state index is 0.0532. The molecule has 4 rings (SSSR count). The fourth-order valence-corrected chi connectivity index (χ4v) is 3.26. The zero-order valence-electron chi connectivity index (χ0n) is 14.5. The Morgan fingerprint density at radius 2 is 2.04 bits per heavy atom. The fourth-order valence-electron chi connectivity index (χ4n) is 3.10. The zero-order valence-corrected chi connectivity index (χ0v) is 15.2. The van der Waals surface area contributed by atoms with Gasteiger partial charge in [-0.3, -0.25) is 9.59 Å². The monoisotopic (exact) mass is 386 g/mol. The molecule has 1 aliphatic rings. The highest BCUT2D eigenvalue weighted by molar-refractivity contribution is 6.31. The van der Waals surface area contributed by atoms with Gasteiger partial charge in [0, 0.05) is 17.6 Å². The van der Waals surface area contributed by atoms with Crippen molar-refractivity contribution in [2.75, 3.05) is 12.4 Å². The molecule has 0 aliphatic heterocycles. The van der Waals surface area contributed by atoms with Crippen LogP contribution in [0.15, 0.2) is 47.4 Å². The van der Waals surface area contributed by atoms with Crippen molar-refractivity contribution in [3.05, 3.63) is 69.2 Å². The van der Waals surface area contributed by atoms with Gasteiger partial charge >= 0.3 is 0 Å². The van der Waals surface area contributed by atoms with Crippen LogP contribution in [0, 0.1) is 5.82 Å². The van der Waals surface area contributed by atoms with Crippen molar-refractivity contribution in [3.63, 3.8) is 0 Å². The second-order valence-corrected chi connectivity index (χ2v) is 6.86. The molecular weight excluding hydrogens is 371 g/mol. The van der Waals surface area contributed by atoms with Crippen molar-refractivity contribution in [2.45, 2.75) is 18.9 Å². The smallest absolute Gasteiger partial charge is 0.261 e. The van der Waals surface area contributed by atoms with Crippen LogP contribution in [0.4, 0.5) is 10.1 Å². The molecule has 1 heterocycles. The maximum absolute atomic E-state index is 14.0. The summed E-state index contributed by atoms with van der Waals surface area (Å²) in [7, 11) is 1.49. The SMILES string of the molecule is COc1ccccc1NC(=O)c1cn(C2CC2)c2cc(Cl)c(F)cc2c1=O. The van der Waals surface area contributed by atoms with Crippen LogP contribution in [-0.4, -0.2) is 17.6 Å². The van der Waals surface area contributed by atoms with Gasteiger partial charge in [-0.15, -0.1) is 0 Å². The first-order chi connectivity index (χ1) is 13.0. The van der Waals surface area contributed by atoms with E-state index in [1.165, 1.54) is 19.4 Å². The minimum Gasteiger partial charge on any atom is -0.495 e. The zero-order chi connectivity index (χ0) is 19.1. The number of carbonyl (C=O) groups is 1. The molecule has 7 heteroatoms. The van der Waals surface area contributed by atoms with Crippen molar-refractivity contribution in [2.24, 2.45) is 0 Å². The first-order valence-corrected chi connectivity index (χ1v) is 8.85. The van der Waals surface area contributed by atoms with Crippen LogP contribution in [0.2, 0.25) is 5.02 Å². The molecule has 1 saturated carbocycles. The molecular formula is C20H16ClFN2O3. The molecule has 0 unspecified atom stereocenters. The van der Waals surface area contributed by atoms with Gasteiger partial charge in [-0.1, -0.05) is 23.7 Å². The lowest BCUT2D eigenvalue weighted by atomic mass is 10.1. The van der Waals surface area contributed by atoms with Crippen LogP contribution in [0.5, 0.6) is 5.75 Å². The molecule has 1 fully saturated rings. The molecule has 3 aromatic rings. The lowest BCUT2D eigenvalue weighted by molar-refractivity contribution is 0.102. The second kappa shape index (κ2) is 6.70. The van der Waals surface area contributed by atoms with Gasteiger partial charge < -0.3 is 14.6 Å². The molecule has 0 bridgehead atoms. The third-order valence-electron chi connectivity index (χ3n) is 4.61. The lowest BCUT2D eigenvalue weighted by Crippen LogP contribution is -2.24. The highest BCUT2D eigenvalue weighted by atomic mass is 35.5. The number of carbonyl (C=O) groups excluding carboxylic acids is 1. The van der Waals surface area contributed by atoms with Gasteiger partial charge in [0.25, 0.3) is 5.91 Å². The standard InChI is InChI=1S/C20H16ClFN2O3/c1-27-18-5-3-2-4-16(18)23-20(26)13-10-24(11-6-7-11)17-9-14(21)15(22)8-12(17)19(13)25/h2-5,8-11H,6-7H2,1H3,(H,23,26). The van der Waals surface area contributed by atoms with E-state index in [0.29, 0.717) is 17.0 Å². The van der Waals surface area contributed by atoms with Crippen LogP contribution in [0.3, 0.4) is 0 Å². The number of para-hydroxylation sites is 2. The molecule has 0 saturated heterocycles. The topological polar surface area (TPSA) is 60.3 Å². The first kappa shape index (κ1) is 17.5. The van der Waals surface area contributed by atoms with Crippen molar-refractivity contribution < 1.29 is 13.9 Å². The third-order valence-corrected chi connectivity index (χ3v) is 4.90. The van der Waals surface area contributed by atoms with Crippen LogP contribution >= 0.6 is 11.6 Å². The molecule has 1 N–H and O–H groups in total. The summed E-state index contributed by atoms with van der Waals surface area (Å²) in [5, 5.41) is 2.78. The number of pyridine rings is 1. The Kier molecular flexibility index (Phi) is 4.36. The van der Waals surface area contributed by atoms with Crippen molar-refractivity contribution >= 4 is 34.1 Å². The normalized spacial score (nSPS) is 13.6. The van der Waals surface area contributed by atoms with Crippen LogP contribution in [0.25, 0.3) is 10.9 Å². The number of rotatable bonds is 4. The third kappa shape index (κ3) is 3.17. The number of nitrogens with one attached hydrogen (secondary N) is 1. The van der Waals surface area contributed by atoms with E-state index in [2.05, 4.69) is 5.32 Å². The number of nitrogens with zero attached hydrogens (tertiary/aromatic N) is 1. The van der Waals surface area contributed by atoms with Gasteiger partial charge in [0.1, 0.15) is 17.1 Å². The Balaban J connectivity index is 1.84. The average molecular weight is 387 g/mol. The number of methoxy groups -OCH3 is 1. The molecule has 138 valence electrons. The number of hydrogen-bond donors (Lipinski definition) is 1. The molecule has 0 atom stereocenters. The van der Waals surface area contributed by atoms with Gasteiger partial charge in [0.2, 0.25) is 5.43 Å². The molecule has 0 radical (unpaired) electrons. The van der Waals surface area contributed by atoms with E-state index >= 15 is 0 Å². The highest BCUT2D eigenvalue weighted by Gasteiger charge is 2.27. The van der Waals surface area contributed by atoms with Gasteiger partial charge in [-0.05, 0) is 37.1 Å². The summed E-state index contributed by atoms with van der Waals surface area (Å²) in [6.07, 6.45) is 3.39. The summed E-state index contributed by atoms with van der Waals surface area (Å²) in [5.41, 5.74) is 0.388. The largest absolute Gasteiger partial charge is 0.495 e. The number of ether oxygens (including phenoxy) is 1. The van der Waals surface area contributed by atoms with Crippen molar-refractivity contribution in [1.29, 1.82) is 0 Å². The highest BCUT2D eigenvalue weighted by Crippen LogP contribution is 2.37. The average Bonchev–Trinajstić information content (AvgIpc) is 3.49. The fraction of sp³-hybridized carbons (Fsp3) is 0.200. The van der Waals surface area contributed by atoms with Gasteiger partial charge in [0.15, 0.2) is 0 Å². The second-order valence-electron chi connectivity index (χ2n) is 6.45. The van der Waals surface area contributed by atoms with Gasteiger partial charge in [-0.2, -0.15) is 0 Å². The summed E-state index contributed by atoms with van der Waals surface area (Å²) < 4.78 is 21.0. The van der Waals surface area contributed by atoms with E-state index in [1.54, 1.807) is 24.3 Å². The summed E-state index contributed by atoms with van der Waals surface area (Å²) in [6.45, 7) is 0. The van der Waals surface area contributed by atoms with Crippen LogP contribution < -0.4 is 15.5 Å². The van der Waals surface area contributed by atoms with Gasteiger partial charge in [0.05, 0.1) is 23.3 Å². The van der Waals surface area contributed by atoms with Crippen LogP contribution in [-0.2, 0) is 0 Å². The number of benzene rings is 2. The molecule has 5 nitrogen and oxygen atoms in total. The van der Waals surface area contributed by atoms with Crippen molar-refractivity contribution in [3.8, 4) is 5.75 Å². The predicted octanol–water partition coefficient (Wildman–Crippen LogP) is 4.39. The molecule has 1 aromatic heterocycles. The Bertz CT molecular complexity index is 1120. The first-order valence-electron chi connectivity index (χ1n) is 8.48. The van der Waals surface area contributed by atoms with Gasteiger partial charge in [-0.25, -0.2) is 4.39 Å². The predicted molar refractivity (Wildman–Crippen MR) is 102 cm³/mol. The molecule has 2 aromatic carbocycles. The molecule has 27 heavy (non-hydrogen) atoms. The van der Waals surface area contributed by atoms with E-state index < -0.39 is 17.2 Å². The Morgan fingerprint density at radius 3 is 2.74 bits per heavy atom. The lowest BCUT2D eigenvalue weighted by Gasteiger charge is -2.14. The number of halogens is 2. The minimum atomic E-state index is -0.689. The summed E-state index contributed by atoms with van der Waals surface area (Å²) >= 11 is 5.90. The Hall–Kier alpha value is -2.86. The number of fused-ring (bicyclic) bond motifs is 1. The summed E-state index contributed by atoms with van der Waals surface area (Å²) in [5.74, 6) is -0.783. The molecule has 1 amide bonds. The molecule has 1 aliphatic carbocycles.